The maximum Gasteiger partial charge on any atom is 0.488 e. The number of carbonyl (C=O) groups excluding carboxylic acids is 2. The van der Waals surface area contributed by atoms with Crippen LogP contribution in [0.15, 0.2) is 204 Å². The number of carbonyl (C=O) groups is 2. The summed E-state index contributed by atoms with van der Waals surface area (Å²) in [6, 6.07) is 30.4. The minimum atomic E-state index is -2.14. The molecule has 0 atom stereocenters. The summed E-state index contributed by atoms with van der Waals surface area (Å²) in [5.74, 6) is -0.403. The highest BCUT2D eigenvalue weighted by Gasteiger charge is 2.40. The molecular formula is C73H90B2N9O6Si+. The number of aromatic nitrogens is 3. The molecular weight excluding hydrogens is 1150 g/mol. The van der Waals surface area contributed by atoms with Gasteiger partial charge in [-0.05, 0) is 146 Å². The Morgan fingerprint density at radius 3 is 1.98 bits per heavy atom. The molecule has 6 N–H and O–H groups in total. The Balaban J connectivity index is 1.27. The van der Waals surface area contributed by atoms with E-state index < -0.39 is 22.3 Å². The highest BCUT2D eigenvalue weighted by molar-refractivity contribution is 6.98. The van der Waals surface area contributed by atoms with E-state index >= 15 is 0 Å². The van der Waals surface area contributed by atoms with E-state index in [0.717, 1.165) is 60.6 Å². The molecule has 5 aromatic carbocycles. The van der Waals surface area contributed by atoms with Crippen molar-refractivity contribution in [2.24, 2.45) is 5.92 Å². The van der Waals surface area contributed by atoms with E-state index in [0.29, 0.717) is 87.4 Å². The van der Waals surface area contributed by atoms with Gasteiger partial charge in [0.15, 0.2) is 5.71 Å². The number of nitrogens with zero attached hydrogens (tertiary/aromatic N) is 7. The van der Waals surface area contributed by atoms with Crippen LogP contribution in [0.25, 0.3) is 44.1 Å². The van der Waals surface area contributed by atoms with Crippen LogP contribution in [0.4, 0.5) is 5.69 Å². The molecule has 0 spiro atoms. The van der Waals surface area contributed by atoms with Gasteiger partial charge in [-0.3, -0.25) is 19.4 Å². The lowest BCUT2D eigenvalue weighted by molar-refractivity contribution is -0.462. The molecule has 18 heteroatoms. The molecule has 8 rings (SSSR count). The zero-order chi connectivity index (χ0) is 65.8. The summed E-state index contributed by atoms with van der Waals surface area (Å²) in [6.45, 7) is 29.0. The fourth-order valence-electron chi connectivity index (χ4n) is 12.0. The fraction of sp³-hybridized carbons (Fsp3) is 0.301. The van der Waals surface area contributed by atoms with Crippen LogP contribution in [-0.4, -0.2) is 157 Å². The second-order valence-electron chi connectivity index (χ2n) is 25.1. The van der Waals surface area contributed by atoms with Crippen LogP contribution in [0.5, 0.6) is 0 Å². The Morgan fingerprint density at radius 1 is 0.758 bits per heavy atom. The number of nitrogens with one attached hydrogen (secondary N) is 2. The average Bonchev–Trinajstić information content (AvgIpc) is 0.932. The number of anilines is 1. The van der Waals surface area contributed by atoms with Crippen LogP contribution in [-0.2, 0) is 22.7 Å². The van der Waals surface area contributed by atoms with Gasteiger partial charge >= 0.3 is 14.2 Å². The lowest BCUT2D eigenvalue weighted by Gasteiger charge is -2.38. The molecule has 1 aliphatic heterocycles. The third-order valence-electron chi connectivity index (χ3n) is 17.3. The molecule has 1 aliphatic carbocycles. The maximum absolute atomic E-state index is 12.8. The number of allylic oxidation sites excluding steroid dienone is 12. The van der Waals surface area contributed by atoms with Gasteiger partial charge in [0.2, 0.25) is 11.8 Å². The molecule has 0 radical (unpaired) electrons. The van der Waals surface area contributed by atoms with Crippen molar-refractivity contribution >= 4 is 77.8 Å². The summed E-state index contributed by atoms with van der Waals surface area (Å²) in [5.41, 5.74) is 14.4. The van der Waals surface area contributed by atoms with Crippen molar-refractivity contribution in [3.8, 4) is 16.9 Å². The first-order valence-corrected chi connectivity index (χ1v) is 34.3. The van der Waals surface area contributed by atoms with Crippen molar-refractivity contribution in [3.63, 3.8) is 0 Å². The monoisotopic (exact) mass is 1240 g/mol. The third kappa shape index (κ3) is 16.2. The largest absolute Gasteiger partial charge is 0.488 e. The van der Waals surface area contributed by atoms with Crippen LogP contribution in [0.3, 0.4) is 0 Å². The number of rotatable bonds is 28. The predicted octanol–water partition coefficient (Wildman–Crippen LogP) is 9.78. The summed E-state index contributed by atoms with van der Waals surface area (Å²) in [5, 5.41) is 64.9. The van der Waals surface area contributed by atoms with Gasteiger partial charge in [-0.2, -0.15) is 0 Å². The smallest absolute Gasteiger partial charge is 0.423 e. The summed E-state index contributed by atoms with van der Waals surface area (Å²) in [4.78, 5) is 32.2. The van der Waals surface area contributed by atoms with Gasteiger partial charge in [0.1, 0.15) is 27.9 Å². The Morgan fingerprint density at radius 2 is 1.37 bits per heavy atom. The quantitative estimate of drug-likeness (QED) is 0.00687. The molecule has 0 bridgehead atoms. The van der Waals surface area contributed by atoms with E-state index in [4.69, 9.17) is 10.3 Å². The SMILES string of the molecule is C=C/C=C\C(CN(CCCNC(=O)C(C)C)Cc1c2ccccc2c(CN(CCCNC(=O)C(=C)C)C/C(C)=C(/C=C\C=C)B(O)O)c2cc(-n3cc(-c4ccc(C5=C6C=CC(=[N+](C)C)C=C6[Si](C)(C)c6cc(N(C)C)ccc65)cc4)nn3)ccc12)=C(/C)B(O)O. The van der Waals surface area contributed by atoms with Crippen molar-refractivity contribution in [2.45, 2.75) is 73.6 Å². The van der Waals surface area contributed by atoms with Crippen molar-refractivity contribution in [1.82, 2.24) is 35.4 Å². The molecule has 0 fully saturated rings. The zero-order valence-corrected chi connectivity index (χ0v) is 56.0. The topological polar surface area (TPSA) is 183 Å². The normalized spacial score (nSPS) is 14.3. The van der Waals surface area contributed by atoms with E-state index in [9.17, 15) is 29.7 Å². The van der Waals surface area contributed by atoms with Gasteiger partial charge in [-0.15, -0.1) is 5.10 Å². The first-order chi connectivity index (χ1) is 43.4. The molecule has 0 unspecified atom stereocenters. The van der Waals surface area contributed by atoms with Crippen molar-refractivity contribution in [2.75, 3.05) is 72.4 Å². The molecule has 1 aromatic heterocycles. The summed E-state index contributed by atoms with van der Waals surface area (Å²) >= 11 is 0. The van der Waals surface area contributed by atoms with Gasteiger partial charge < -0.3 is 35.6 Å². The van der Waals surface area contributed by atoms with Crippen LogP contribution in [0, 0.1) is 5.92 Å². The van der Waals surface area contributed by atoms with E-state index in [1.165, 1.54) is 38.5 Å². The lowest BCUT2D eigenvalue weighted by atomic mass is 9.76. The fourth-order valence-corrected chi connectivity index (χ4v) is 15.1. The minimum absolute atomic E-state index is 0.0236. The number of hydrogen-bond donors (Lipinski definition) is 6. The summed E-state index contributed by atoms with van der Waals surface area (Å²) in [7, 11) is 2.85. The molecule has 2 amide bonds. The molecule has 15 nitrogen and oxygen atoms in total. The van der Waals surface area contributed by atoms with Gasteiger partial charge in [-0.1, -0.05) is 155 Å². The van der Waals surface area contributed by atoms with Crippen molar-refractivity contribution < 1.29 is 34.3 Å². The van der Waals surface area contributed by atoms with Gasteiger partial charge in [0, 0.05) is 101 Å². The van der Waals surface area contributed by atoms with E-state index in [1.54, 1.807) is 44.2 Å². The Labute approximate surface area is 539 Å². The van der Waals surface area contributed by atoms with Crippen LogP contribution in [0.2, 0.25) is 13.1 Å². The number of benzene rings is 5. The Bertz CT molecular complexity index is 4010. The summed E-state index contributed by atoms with van der Waals surface area (Å²) < 4.78 is 4.00. The molecule has 91 heavy (non-hydrogen) atoms. The van der Waals surface area contributed by atoms with Gasteiger partial charge in [-0.25, -0.2) is 9.26 Å². The molecule has 0 saturated carbocycles. The third-order valence-corrected chi connectivity index (χ3v) is 20.8. The molecule has 472 valence electrons. The average molecular weight is 1240 g/mol. The molecule has 0 saturated heterocycles. The van der Waals surface area contributed by atoms with E-state index in [1.807, 2.05) is 49.9 Å². The second-order valence-corrected chi connectivity index (χ2v) is 29.4. The number of amides is 2. The molecule has 2 heterocycles. The second kappa shape index (κ2) is 30.7. The standard InChI is InChI=1S/C73H89B2N9O6Si/c1-15-17-23-55(52(8)74(87)88)45-83(40-22-38-77-73(86)50(5)6)46-65-59-24-19-20-25-60(59)66(47-82(39-21-37-76-72(85)49(3)4)44-51(7)67(75(89)90)26-18-16-2)64-41-58(33-34-61(64)65)84-48-68(78-79-84)53-27-29-54(30-28-53)71-62-35-31-56(80(9)10)42-69(62)91(13,14)70-43-57(81(11)12)32-36-63(70)71/h15-20,23-36,41-43,48,50,87-90H,1-3,21-22,37-40,44-47H2,4-14H3,(H-,76,77,85,86)/p+1/b23-17-,26-18-,55-52-,67-51-. The first kappa shape index (κ1) is 68.6. The van der Waals surface area contributed by atoms with Gasteiger partial charge in [0.25, 0.3) is 0 Å². The highest BCUT2D eigenvalue weighted by Crippen LogP contribution is 2.43. The van der Waals surface area contributed by atoms with E-state index in [2.05, 4.69) is 182 Å². The molecule has 2 aliphatic rings. The van der Waals surface area contributed by atoms with E-state index in [-0.39, 0.29) is 17.7 Å². The van der Waals surface area contributed by atoms with Crippen LogP contribution < -0.4 is 20.7 Å². The number of hydrogen-bond acceptors (Lipinski definition) is 11. The van der Waals surface area contributed by atoms with Crippen molar-refractivity contribution in [3.05, 3.63) is 226 Å². The van der Waals surface area contributed by atoms with Crippen LogP contribution >= 0.6 is 0 Å². The van der Waals surface area contributed by atoms with Gasteiger partial charge in [0.05, 0.1) is 11.9 Å². The Kier molecular flexibility index (Phi) is 23.1. The highest BCUT2D eigenvalue weighted by atomic mass is 28.3. The predicted molar refractivity (Wildman–Crippen MR) is 380 cm³/mol. The lowest BCUT2D eigenvalue weighted by Crippen LogP contribution is -2.49. The number of fused-ring (bicyclic) bond motifs is 4. The minimum Gasteiger partial charge on any atom is -0.423 e. The van der Waals surface area contributed by atoms with Crippen molar-refractivity contribution in [1.29, 1.82) is 0 Å². The summed E-state index contributed by atoms with van der Waals surface area (Å²) in [6.07, 6.45) is 20.4. The Hall–Kier alpha value is -8.32. The maximum atomic E-state index is 12.8. The molecule has 6 aromatic rings. The van der Waals surface area contributed by atoms with Crippen LogP contribution in [0.1, 0.15) is 69.7 Å². The zero-order valence-electron chi connectivity index (χ0n) is 55.0. The first-order valence-electron chi connectivity index (χ1n) is 31.3.